The van der Waals surface area contributed by atoms with E-state index in [1.807, 2.05) is 11.3 Å². The number of anilines is 6. The summed E-state index contributed by atoms with van der Waals surface area (Å²) in [4.78, 5) is 4.89. The van der Waals surface area contributed by atoms with Crippen molar-refractivity contribution < 1.29 is 6.85 Å². The van der Waals surface area contributed by atoms with Crippen molar-refractivity contribution in [3.05, 3.63) is 235 Å². The van der Waals surface area contributed by atoms with Crippen LogP contribution in [0, 0.1) is 0 Å². The molecule has 3 heterocycles. The van der Waals surface area contributed by atoms with Gasteiger partial charge in [-0.2, -0.15) is 0 Å². The van der Waals surface area contributed by atoms with Crippen LogP contribution in [-0.2, 0) is 16.2 Å². The molecule has 2 aliphatic rings. The smallest absolute Gasteiger partial charge is 0.264 e. The first-order chi connectivity index (χ1) is 39.7. The van der Waals surface area contributed by atoms with Crippen LogP contribution in [0.25, 0.3) is 75.8 Å². The van der Waals surface area contributed by atoms with Crippen molar-refractivity contribution in [2.45, 2.75) is 78.6 Å². The Kier molecular flexibility index (Phi) is 9.72. The molecule has 0 radical (unpaired) electrons. The van der Waals surface area contributed by atoms with Crippen molar-refractivity contribution in [2.75, 3.05) is 9.80 Å². The number of rotatable bonds is 5. The van der Waals surface area contributed by atoms with Crippen molar-refractivity contribution in [3.63, 3.8) is 0 Å². The van der Waals surface area contributed by atoms with Crippen LogP contribution >= 0.6 is 11.3 Å². The Morgan fingerprint density at radius 1 is 0.372 bits per heavy atom. The molecule has 0 spiro atoms. The minimum Gasteiger partial charge on any atom is -0.311 e. The second-order valence-electron chi connectivity index (χ2n) is 24.5. The molecule has 78 heavy (non-hydrogen) atoms. The van der Waals surface area contributed by atoms with Gasteiger partial charge in [-0.25, -0.2) is 0 Å². The third-order valence-electron chi connectivity index (χ3n) is 16.6. The standard InChI is InChI=1S/C74H63BN2S/c1-72(2,3)50-34-39-64(58(43-50)47-23-14-11-15-24-47)77-67-30-20-29-66-69(67)75(71-70(77)61-45-52(74(7,8)9)35-40-68(61)78-71)62-42-48(46-21-12-10-13-22-46)32-37-65(62)76(66)63-38-33-51(73(4,5)6)44-59(63)49-31-36-57-55-27-17-16-25-53(55)54-26-18-19-28-56(54)60(57)41-49/h10-45H,1-9H3/i11D,14D,15D,23D,24D. The number of benzene rings is 11. The molecule has 12 aromatic rings. The molecule has 378 valence electrons. The number of nitrogens with zero attached hydrogens (tertiary/aromatic N) is 2. The van der Waals surface area contributed by atoms with Gasteiger partial charge in [0, 0.05) is 43.1 Å². The molecular formula is C74H63BN2S. The average Bonchev–Trinajstić information content (AvgIpc) is 2.03. The van der Waals surface area contributed by atoms with Crippen LogP contribution in [0.3, 0.4) is 0 Å². The van der Waals surface area contributed by atoms with Crippen molar-refractivity contribution in [1.82, 2.24) is 0 Å². The fourth-order valence-corrected chi connectivity index (χ4v) is 13.8. The molecule has 0 atom stereocenters. The van der Waals surface area contributed by atoms with Crippen LogP contribution in [0.1, 0.15) is 85.9 Å². The van der Waals surface area contributed by atoms with Crippen LogP contribution in [-0.4, -0.2) is 6.71 Å². The normalized spacial score (nSPS) is 14.3. The summed E-state index contributed by atoms with van der Waals surface area (Å²) in [6.45, 7) is 19.9. The summed E-state index contributed by atoms with van der Waals surface area (Å²) in [5.74, 6) is 0. The Morgan fingerprint density at radius 3 is 1.51 bits per heavy atom. The summed E-state index contributed by atoms with van der Waals surface area (Å²) in [6, 6.07) is 67.9. The van der Waals surface area contributed by atoms with Gasteiger partial charge in [0.2, 0.25) is 0 Å². The van der Waals surface area contributed by atoms with Gasteiger partial charge in [-0.3, -0.25) is 0 Å². The first-order valence-corrected chi connectivity index (χ1v) is 28.2. The molecule has 2 aliphatic heterocycles. The summed E-state index contributed by atoms with van der Waals surface area (Å²) in [6.07, 6.45) is 0. The van der Waals surface area contributed by atoms with E-state index in [-0.39, 0.29) is 52.7 Å². The minimum atomic E-state index is -0.412. The fraction of sp³-hybridized carbons (Fsp3) is 0.162. The van der Waals surface area contributed by atoms with Gasteiger partial charge in [-0.1, -0.05) is 220 Å². The molecular weight excluding hydrogens is 960 g/mol. The number of thiophene rings is 1. The zero-order chi connectivity index (χ0) is 57.8. The highest BCUT2D eigenvalue weighted by Crippen LogP contribution is 2.52. The van der Waals surface area contributed by atoms with Gasteiger partial charge in [0.1, 0.15) is 0 Å². The van der Waals surface area contributed by atoms with Gasteiger partial charge < -0.3 is 9.80 Å². The largest absolute Gasteiger partial charge is 0.311 e. The molecule has 0 saturated heterocycles. The van der Waals surface area contributed by atoms with Crippen LogP contribution in [0.4, 0.5) is 34.1 Å². The van der Waals surface area contributed by atoms with E-state index in [1.165, 1.54) is 53.7 Å². The van der Waals surface area contributed by atoms with E-state index >= 15 is 0 Å². The highest BCUT2D eigenvalue weighted by Gasteiger charge is 2.46. The molecule has 2 nitrogen and oxygen atoms in total. The van der Waals surface area contributed by atoms with Crippen LogP contribution in [0.2, 0.25) is 0 Å². The van der Waals surface area contributed by atoms with E-state index in [4.69, 9.17) is 4.11 Å². The molecule has 0 bridgehead atoms. The summed E-state index contributed by atoms with van der Waals surface area (Å²) < 4.78 is 48.2. The molecule has 0 aliphatic carbocycles. The summed E-state index contributed by atoms with van der Waals surface area (Å²) in [7, 11) is 0. The predicted molar refractivity (Wildman–Crippen MR) is 341 cm³/mol. The first kappa shape index (κ1) is 42.9. The van der Waals surface area contributed by atoms with Crippen LogP contribution in [0.15, 0.2) is 218 Å². The summed E-state index contributed by atoms with van der Waals surface area (Å²) in [5, 5.41) is 8.49. The van der Waals surface area contributed by atoms with Crippen molar-refractivity contribution in [3.8, 4) is 33.4 Å². The molecule has 0 fully saturated rings. The molecule has 0 N–H and O–H groups in total. The van der Waals surface area contributed by atoms with Crippen molar-refractivity contribution >= 4 is 110 Å². The molecule has 0 unspecified atom stereocenters. The zero-order valence-corrected chi connectivity index (χ0v) is 46.6. The van der Waals surface area contributed by atoms with Gasteiger partial charge in [-0.05, 0) is 159 Å². The SMILES string of the molecule is [2H]c1c([2H])c([2H])c(-c2cc(C(C)(C)C)ccc2N2c3cccc4c3B(c3cc(-c5ccccc5)ccc3N4c3ccc(C(C)(C)C)cc3-c3ccc4c5ccccc5c5ccccc5c4c3)c3sc4ccc(C(C)(C)C)cc4c32)c([2H])c1[2H]. The summed E-state index contributed by atoms with van der Waals surface area (Å²) in [5.41, 5.74) is 16.4. The quantitative estimate of drug-likeness (QED) is 0.125. The number of hydrogen-bond acceptors (Lipinski definition) is 3. The third kappa shape index (κ3) is 7.66. The van der Waals surface area contributed by atoms with Crippen molar-refractivity contribution in [1.29, 1.82) is 0 Å². The van der Waals surface area contributed by atoms with Gasteiger partial charge in [-0.15, -0.1) is 11.3 Å². The molecule has 11 aromatic carbocycles. The number of hydrogen-bond donors (Lipinski definition) is 0. The maximum Gasteiger partial charge on any atom is 0.264 e. The van der Waals surface area contributed by atoms with E-state index < -0.39 is 6.04 Å². The maximum absolute atomic E-state index is 9.57. The second-order valence-corrected chi connectivity index (χ2v) is 25.6. The lowest BCUT2D eigenvalue weighted by atomic mass is 9.36. The van der Waals surface area contributed by atoms with Gasteiger partial charge in [0.25, 0.3) is 6.71 Å². The highest BCUT2D eigenvalue weighted by molar-refractivity contribution is 7.33. The van der Waals surface area contributed by atoms with Crippen LogP contribution in [0.5, 0.6) is 0 Å². The summed E-state index contributed by atoms with van der Waals surface area (Å²) >= 11 is 1.83. The van der Waals surface area contributed by atoms with Gasteiger partial charge in [0.05, 0.1) is 23.9 Å². The minimum absolute atomic E-state index is 0.153. The zero-order valence-electron chi connectivity index (χ0n) is 50.8. The fourth-order valence-electron chi connectivity index (χ4n) is 12.5. The Bertz CT molecular complexity index is 4650. The number of fused-ring (bicyclic) bond motifs is 12. The van der Waals surface area contributed by atoms with Crippen molar-refractivity contribution in [2.24, 2.45) is 0 Å². The lowest BCUT2D eigenvalue weighted by Gasteiger charge is -2.44. The molecule has 14 rings (SSSR count). The van der Waals surface area contributed by atoms with E-state index in [9.17, 15) is 2.74 Å². The van der Waals surface area contributed by atoms with E-state index in [1.54, 1.807) is 0 Å². The Balaban J connectivity index is 1.10. The van der Waals surface area contributed by atoms with E-state index in [0.29, 0.717) is 5.56 Å². The first-order valence-electron chi connectivity index (χ1n) is 29.9. The second kappa shape index (κ2) is 17.7. The third-order valence-corrected chi connectivity index (χ3v) is 17.8. The predicted octanol–water partition coefficient (Wildman–Crippen LogP) is 19.3. The van der Waals surface area contributed by atoms with Gasteiger partial charge >= 0.3 is 0 Å². The molecule has 4 heteroatoms. The molecule has 1 aromatic heterocycles. The molecule has 0 amide bonds. The Morgan fingerprint density at radius 2 is 0.885 bits per heavy atom. The average molecular weight is 1030 g/mol. The lowest BCUT2D eigenvalue weighted by molar-refractivity contribution is 0.590. The van der Waals surface area contributed by atoms with E-state index in [0.717, 1.165) is 77.5 Å². The van der Waals surface area contributed by atoms with E-state index in [2.05, 4.69) is 260 Å². The Hall–Kier alpha value is -8.18. The lowest BCUT2D eigenvalue weighted by Crippen LogP contribution is -2.60. The topological polar surface area (TPSA) is 6.48 Å². The monoisotopic (exact) mass is 1030 g/mol. The van der Waals surface area contributed by atoms with Crippen LogP contribution < -0.4 is 25.5 Å². The van der Waals surface area contributed by atoms with Gasteiger partial charge in [0.15, 0.2) is 0 Å². The Labute approximate surface area is 471 Å². The maximum atomic E-state index is 9.57. The highest BCUT2D eigenvalue weighted by atomic mass is 32.1. The molecule has 0 saturated carbocycles.